The maximum absolute atomic E-state index is 12.0. The van der Waals surface area contributed by atoms with Gasteiger partial charge in [0.1, 0.15) is 11.6 Å². The molecule has 0 amide bonds. The zero-order chi connectivity index (χ0) is 16.3. The molecule has 0 aliphatic rings. The summed E-state index contributed by atoms with van der Waals surface area (Å²) in [6.07, 6.45) is 2.38. The number of H-pyrrole nitrogens is 1. The Hall–Kier alpha value is -2.08. The minimum absolute atomic E-state index is 0.0511. The summed E-state index contributed by atoms with van der Waals surface area (Å²) in [5, 5.41) is 28.2. The van der Waals surface area contributed by atoms with Gasteiger partial charge in [0.05, 0.1) is 5.69 Å². The first-order valence-electron chi connectivity index (χ1n) is 6.59. The quantitative estimate of drug-likeness (QED) is 0.424. The Morgan fingerprint density at radius 3 is 2.73 bits per heavy atom. The lowest BCUT2D eigenvalue weighted by atomic mass is 9.78. The fourth-order valence-corrected chi connectivity index (χ4v) is 2.52. The van der Waals surface area contributed by atoms with Crippen LogP contribution in [-0.2, 0) is 6.42 Å². The van der Waals surface area contributed by atoms with Crippen molar-refractivity contribution in [3.05, 3.63) is 39.7 Å². The van der Waals surface area contributed by atoms with Gasteiger partial charge < -0.3 is 15.0 Å². The Morgan fingerprint density at radius 2 is 2.18 bits per heavy atom. The fraction of sp³-hybridized carbons (Fsp3) is 0.214. The summed E-state index contributed by atoms with van der Waals surface area (Å²) in [4.78, 5) is 18.9. The van der Waals surface area contributed by atoms with E-state index >= 15 is 0 Å². The SMILES string of the molecule is CCc1cc(B(O)O)ccc1-c1nc(SC)[nH]c(=O)c1C#N. The van der Waals surface area contributed by atoms with E-state index in [-0.39, 0.29) is 5.56 Å². The van der Waals surface area contributed by atoms with E-state index in [0.717, 1.165) is 5.56 Å². The topological polar surface area (TPSA) is 110 Å². The number of aryl methyl sites for hydroxylation is 1. The van der Waals surface area contributed by atoms with Gasteiger partial charge in [0.2, 0.25) is 0 Å². The molecule has 0 fully saturated rings. The molecular formula is C14H14BN3O3S. The van der Waals surface area contributed by atoms with Crippen LogP contribution in [0.1, 0.15) is 18.1 Å². The average molecular weight is 315 g/mol. The zero-order valence-corrected chi connectivity index (χ0v) is 12.9. The van der Waals surface area contributed by atoms with E-state index < -0.39 is 12.7 Å². The van der Waals surface area contributed by atoms with Gasteiger partial charge in [-0.2, -0.15) is 5.26 Å². The first-order chi connectivity index (χ1) is 10.5. The Balaban J connectivity index is 2.73. The highest BCUT2D eigenvalue weighted by molar-refractivity contribution is 7.98. The van der Waals surface area contributed by atoms with Gasteiger partial charge in [0.15, 0.2) is 5.16 Å². The summed E-state index contributed by atoms with van der Waals surface area (Å²) in [5.41, 5.74) is 1.56. The molecule has 0 spiro atoms. The van der Waals surface area contributed by atoms with Gasteiger partial charge in [0.25, 0.3) is 5.56 Å². The highest BCUT2D eigenvalue weighted by Gasteiger charge is 2.18. The predicted molar refractivity (Wildman–Crippen MR) is 86.0 cm³/mol. The first kappa shape index (κ1) is 16.3. The number of nitrogens with zero attached hydrogens (tertiary/aromatic N) is 2. The second kappa shape index (κ2) is 6.79. The van der Waals surface area contributed by atoms with Crippen molar-refractivity contribution in [3.63, 3.8) is 0 Å². The van der Waals surface area contributed by atoms with Crippen molar-refractivity contribution in [2.75, 3.05) is 6.26 Å². The number of benzene rings is 1. The number of hydrogen-bond acceptors (Lipinski definition) is 6. The van der Waals surface area contributed by atoms with E-state index in [4.69, 9.17) is 0 Å². The third kappa shape index (κ3) is 3.07. The second-order valence-electron chi connectivity index (χ2n) is 4.55. The molecule has 1 heterocycles. The van der Waals surface area contributed by atoms with E-state index in [9.17, 15) is 20.1 Å². The smallest absolute Gasteiger partial charge is 0.423 e. The van der Waals surface area contributed by atoms with Crippen LogP contribution in [0.25, 0.3) is 11.3 Å². The molecule has 1 aromatic carbocycles. The Morgan fingerprint density at radius 1 is 1.45 bits per heavy atom. The molecule has 2 aromatic rings. The van der Waals surface area contributed by atoms with Crippen LogP contribution in [0.3, 0.4) is 0 Å². The maximum atomic E-state index is 12.0. The maximum Gasteiger partial charge on any atom is 0.488 e. The lowest BCUT2D eigenvalue weighted by Crippen LogP contribution is -2.30. The minimum Gasteiger partial charge on any atom is -0.423 e. The first-order valence-corrected chi connectivity index (χ1v) is 7.82. The zero-order valence-electron chi connectivity index (χ0n) is 12.1. The highest BCUT2D eigenvalue weighted by atomic mass is 32.2. The van der Waals surface area contributed by atoms with Crippen LogP contribution in [0.15, 0.2) is 28.2 Å². The van der Waals surface area contributed by atoms with Crippen LogP contribution in [-0.4, -0.2) is 33.4 Å². The molecule has 0 atom stereocenters. The molecule has 0 saturated carbocycles. The monoisotopic (exact) mass is 315 g/mol. The molecular weight excluding hydrogens is 301 g/mol. The summed E-state index contributed by atoms with van der Waals surface area (Å²) in [7, 11) is -1.57. The second-order valence-corrected chi connectivity index (χ2v) is 5.35. The molecule has 22 heavy (non-hydrogen) atoms. The van der Waals surface area contributed by atoms with Crippen LogP contribution in [0.5, 0.6) is 0 Å². The van der Waals surface area contributed by atoms with Gasteiger partial charge in [-0.05, 0) is 23.7 Å². The van der Waals surface area contributed by atoms with Crippen LogP contribution in [0.4, 0.5) is 0 Å². The van der Waals surface area contributed by atoms with Crippen LogP contribution < -0.4 is 11.0 Å². The molecule has 0 aliphatic carbocycles. The lowest BCUT2D eigenvalue weighted by Gasteiger charge is -2.11. The molecule has 3 N–H and O–H groups in total. The normalized spacial score (nSPS) is 10.3. The molecule has 6 nitrogen and oxygen atoms in total. The fourth-order valence-electron chi connectivity index (χ4n) is 2.15. The number of rotatable bonds is 4. The van der Waals surface area contributed by atoms with Crippen molar-refractivity contribution in [1.29, 1.82) is 5.26 Å². The number of aromatic nitrogens is 2. The molecule has 0 saturated heterocycles. The third-order valence-corrected chi connectivity index (χ3v) is 3.85. The van der Waals surface area contributed by atoms with Crippen LogP contribution in [0, 0.1) is 11.3 Å². The average Bonchev–Trinajstić information content (AvgIpc) is 2.53. The number of nitrogens with one attached hydrogen (secondary N) is 1. The van der Waals surface area contributed by atoms with Gasteiger partial charge in [0, 0.05) is 5.56 Å². The van der Waals surface area contributed by atoms with E-state index in [1.165, 1.54) is 11.8 Å². The van der Waals surface area contributed by atoms with Crippen molar-refractivity contribution in [3.8, 4) is 17.3 Å². The van der Waals surface area contributed by atoms with Crippen molar-refractivity contribution in [2.24, 2.45) is 0 Å². The summed E-state index contributed by atoms with van der Waals surface area (Å²) in [6.45, 7) is 1.90. The molecule has 2 rings (SSSR count). The predicted octanol–water partition coefficient (Wildman–Crippen LogP) is 0.273. The lowest BCUT2D eigenvalue weighted by molar-refractivity contribution is 0.425. The van der Waals surface area contributed by atoms with E-state index in [0.29, 0.717) is 28.3 Å². The molecule has 8 heteroatoms. The molecule has 1 aromatic heterocycles. The Kier molecular flexibility index (Phi) is 5.03. The highest BCUT2D eigenvalue weighted by Crippen LogP contribution is 2.24. The molecule has 112 valence electrons. The minimum atomic E-state index is -1.57. The van der Waals surface area contributed by atoms with Gasteiger partial charge in [-0.1, -0.05) is 36.9 Å². The van der Waals surface area contributed by atoms with Crippen molar-refractivity contribution >= 4 is 24.3 Å². The van der Waals surface area contributed by atoms with E-state index in [2.05, 4.69) is 9.97 Å². The van der Waals surface area contributed by atoms with Crippen LogP contribution >= 0.6 is 11.8 Å². The van der Waals surface area contributed by atoms with Crippen molar-refractivity contribution in [2.45, 2.75) is 18.5 Å². The van der Waals surface area contributed by atoms with Gasteiger partial charge in [-0.15, -0.1) is 0 Å². The third-order valence-electron chi connectivity index (χ3n) is 3.27. The number of nitriles is 1. The Labute approximate surface area is 132 Å². The molecule has 0 radical (unpaired) electrons. The Bertz CT molecular complexity index is 799. The molecule has 0 unspecified atom stereocenters. The summed E-state index contributed by atoms with van der Waals surface area (Å²) in [5.74, 6) is 0. The number of hydrogen-bond donors (Lipinski definition) is 3. The summed E-state index contributed by atoms with van der Waals surface area (Å²) >= 11 is 1.28. The van der Waals surface area contributed by atoms with Crippen molar-refractivity contribution in [1.82, 2.24) is 9.97 Å². The number of aromatic amines is 1. The summed E-state index contributed by atoms with van der Waals surface area (Å²) in [6, 6.07) is 6.73. The van der Waals surface area contributed by atoms with Gasteiger partial charge >= 0.3 is 7.12 Å². The van der Waals surface area contributed by atoms with Crippen LogP contribution in [0.2, 0.25) is 0 Å². The molecule has 0 aliphatic heterocycles. The van der Waals surface area contributed by atoms with E-state index in [1.54, 1.807) is 24.5 Å². The summed E-state index contributed by atoms with van der Waals surface area (Å²) < 4.78 is 0. The van der Waals surface area contributed by atoms with E-state index in [1.807, 2.05) is 13.0 Å². The van der Waals surface area contributed by atoms with Crippen molar-refractivity contribution < 1.29 is 10.0 Å². The molecule has 0 bridgehead atoms. The van der Waals surface area contributed by atoms with Gasteiger partial charge in [-0.25, -0.2) is 4.98 Å². The largest absolute Gasteiger partial charge is 0.488 e. The standard InChI is InChI=1S/C14H14BN3O3S/c1-3-8-6-9(15(20)21)4-5-10(8)12-11(7-16)13(19)18-14(17-12)22-2/h4-6,20-21H,3H2,1-2H3,(H,17,18,19). The number of thioether (sulfide) groups is 1. The van der Waals surface area contributed by atoms with Gasteiger partial charge in [-0.3, -0.25) is 4.79 Å².